The van der Waals surface area contributed by atoms with Gasteiger partial charge in [-0.05, 0) is 37.8 Å². The van der Waals surface area contributed by atoms with Gasteiger partial charge < -0.3 is 19.9 Å². The Hall–Kier alpha value is -2.76. The van der Waals surface area contributed by atoms with Gasteiger partial charge in [0.1, 0.15) is 18.6 Å². The summed E-state index contributed by atoms with van der Waals surface area (Å²) >= 11 is 0. The van der Waals surface area contributed by atoms with E-state index in [0.29, 0.717) is 36.4 Å². The van der Waals surface area contributed by atoms with Crippen LogP contribution in [0.5, 0.6) is 0 Å². The number of benzene rings is 1. The third-order valence-corrected chi connectivity index (χ3v) is 5.17. The molecule has 1 heterocycles. The third kappa shape index (κ3) is 4.74. The van der Waals surface area contributed by atoms with Crippen molar-refractivity contribution in [2.24, 2.45) is 5.92 Å². The van der Waals surface area contributed by atoms with Crippen molar-refractivity contribution in [3.05, 3.63) is 40.4 Å². The monoisotopic (exact) mass is 384 g/mol. The first-order valence-corrected chi connectivity index (χ1v) is 9.48. The van der Waals surface area contributed by atoms with E-state index in [1.54, 1.807) is 32.2 Å². The Morgan fingerprint density at radius 3 is 2.89 bits per heavy atom. The maximum atomic E-state index is 12.6. The van der Waals surface area contributed by atoms with Gasteiger partial charge in [-0.1, -0.05) is 12.1 Å². The van der Waals surface area contributed by atoms with Crippen molar-refractivity contribution in [1.29, 1.82) is 5.26 Å². The smallest absolute Gasteiger partial charge is 0.276 e. The molecule has 3 rings (SSSR count). The van der Waals surface area contributed by atoms with E-state index in [2.05, 4.69) is 21.4 Å². The van der Waals surface area contributed by atoms with Gasteiger partial charge in [0, 0.05) is 7.11 Å². The lowest BCUT2D eigenvalue weighted by Gasteiger charge is -2.25. The fourth-order valence-corrected chi connectivity index (χ4v) is 3.38. The molecule has 2 atom stereocenters. The van der Waals surface area contributed by atoms with E-state index < -0.39 is 5.54 Å². The molecule has 1 fully saturated rings. The molecule has 0 spiro atoms. The van der Waals surface area contributed by atoms with Gasteiger partial charge in [0.2, 0.25) is 0 Å². The highest BCUT2D eigenvalue weighted by Gasteiger charge is 2.43. The molecule has 0 aliphatic heterocycles. The number of carbonyl (C=O) groups is 1. The van der Waals surface area contributed by atoms with Gasteiger partial charge in [-0.3, -0.25) is 9.59 Å². The van der Waals surface area contributed by atoms with Crippen LogP contribution in [0, 0.1) is 17.2 Å². The van der Waals surface area contributed by atoms with Crippen molar-refractivity contribution in [3.63, 3.8) is 0 Å². The van der Waals surface area contributed by atoms with Gasteiger partial charge in [-0.25, -0.2) is 4.98 Å². The van der Waals surface area contributed by atoms with E-state index in [0.717, 1.165) is 17.7 Å². The summed E-state index contributed by atoms with van der Waals surface area (Å²) in [6.07, 6.45) is 1.93. The molecule has 8 nitrogen and oxygen atoms in total. The number of H-pyrrole nitrogens is 1. The number of hydrogen-bond donors (Lipinski definition) is 3. The summed E-state index contributed by atoms with van der Waals surface area (Å²) in [5.74, 6) is 0.556. The molecular formula is C20H26N5O3+. The van der Waals surface area contributed by atoms with Crippen LogP contribution >= 0.6 is 0 Å². The predicted molar refractivity (Wildman–Crippen MR) is 104 cm³/mol. The molecule has 1 aliphatic carbocycles. The molecular weight excluding hydrogens is 358 g/mol. The standard InChI is InChI=1S/C20H25N5O3/c1-20(13-21,14-7-8-14)24-18(26)12-25(9-10-28-2)11-17-22-16-6-4-3-5-15(16)19(27)23-17/h3-6,14H,7-12H2,1-2H3,(H,24,26)(H,22,23,27)/p+1/t20-/m0/s1. The Bertz CT molecular complexity index is 947. The molecule has 1 saturated carbocycles. The highest BCUT2D eigenvalue weighted by atomic mass is 16.5. The van der Waals surface area contributed by atoms with Crippen LogP contribution in [0.3, 0.4) is 0 Å². The maximum absolute atomic E-state index is 12.6. The summed E-state index contributed by atoms with van der Waals surface area (Å²) in [4.78, 5) is 33.1. The minimum atomic E-state index is -0.820. The number of aromatic amines is 1. The van der Waals surface area contributed by atoms with Gasteiger partial charge >= 0.3 is 0 Å². The van der Waals surface area contributed by atoms with Crippen LogP contribution in [0.2, 0.25) is 0 Å². The highest BCUT2D eigenvalue weighted by molar-refractivity contribution is 5.78. The van der Waals surface area contributed by atoms with Gasteiger partial charge in [0.05, 0.1) is 23.6 Å². The number of ether oxygens (including phenoxy) is 1. The number of nitrogens with zero attached hydrogens (tertiary/aromatic N) is 2. The summed E-state index contributed by atoms with van der Waals surface area (Å²) in [5.41, 5.74) is -0.386. The first kappa shape index (κ1) is 20.0. The molecule has 3 N–H and O–H groups in total. The second-order valence-electron chi connectivity index (χ2n) is 7.51. The number of methoxy groups -OCH3 is 1. The molecule has 1 aromatic heterocycles. The molecule has 8 heteroatoms. The number of quaternary nitrogens is 1. The van der Waals surface area contributed by atoms with Crippen molar-refractivity contribution in [2.45, 2.75) is 31.8 Å². The molecule has 0 bridgehead atoms. The van der Waals surface area contributed by atoms with E-state index in [1.165, 1.54) is 0 Å². The van der Waals surface area contributed by atoms with Crippen LogP contribution in [0.15, 0.2) is 29.1 Å². The largest absolute Gasteiger partial charge is 0.379 e. The van der Waals surface area contributed by atoms with Gasteiger partial charge in [0.15, 0.2) is 12.4 Å². The average Bonchev–Trinajstić information content (AvgIpc) is 3.52. The zero-order chi connectivity index (χ0) is 20.1. The number of nitrogens with one attached hydrogen (secondary N) is 3. The SMILES string of the molecule is COCC[NH+](CC(=O)N[C@@](C)(C#N)C1CC1)Cc1nc2ccccc2c(=O)[nH]1. The Labute approximate surface area is 163 Å². The first-order chi connectivity index (χ1) is 13.4. The molecule has 28 heavy (non-hydrogen) atoms. The second-order valence-corrected chi connectivity index (χ2v) is 7.51. The summed E-state index contributed by atoms with van der Waals surface area (Å²) < 4.78 is 5.16. The molecule has 148 valence electrons. The minimum absolute atomic E-state index is 0.171. The quantitative estimate of drug-likeness (QED) is 0.553. The summed E-state index contributed by atoms with van der Waals surface area (Å²) in [7, 11) is 1.60. The van der Waals surface area contributed by atoms with Crippen LogP contribution < -0.4 is 15.8 Å². The van der Waals surface area contributed by atoms with E-state index in [9.17, 15) is 14.9 Å². The molecule has 1 aliphatic rings. The Morgan fingerprint density at radius 2 is 2.21 bits per heavy atom. The zero-order valence-electron chi connectivity index (χ0n) is 16.2. The molecule has 1 unspecified atom stereocenters. The van der Waals surface area contributed by atoms with Crippen molar-refractivity contribution < 1.29 is 14.4 Å². The summed E-state index contributed by atoms with van der Waals surface area (Å²) in [6, 6.07) is 9.40. The van der Waals surface area contributed by atoms with Gasteiger partial charge in [-0.2, -0.15) is 5.26 Å². The molecule has 1 amide bonds. The normalized spacial score (nSPS) is 16.9. The topological polar surface area (TPSA) is 112 Å². The average molecular weight is 384 g/mol. The Kier molecular flexibility index (Phi) is 6.07. The number of aromatic nitrogens is 2. The molecule has 1 aromatic carbocycles. The summed E-state index contributed by atoms with van der Waals surface area (Å²) in [5, 5.41) is 12.9. The fraction of sp³-hybridized carbons (Fsp3) is 0.500. The number of amides is 1. The predicted octanol–water partition coefficient (Wildman–Crippen LogP) is -0.237. The number of rotatable bonds is 9. The first-order valence-electron chi connectivity index (χ1n) is 9.48. The highest BCUT2D eigenvalue weighted by Crippen LogP contribution is 2.39. The lowest BCUT2D eigenvalue weighted by atomic mass is 9.98. The van der Waals surface area contributed by atoms with Gasteiger partial charge in [-0.15, -0.1) is 0 Å². The third-order valence-electron chi connectivity index (χ3n) is 5.17. The lowest BCUT2D eigenvalue weighted by Crippen LogP contribution is -3.12. The Morgan fingerprint density at radius 1 is 1.46 bits per heavy atom. The fourth-order valence-electron chi connectivity index (χ4n) is 3.38. The van der Waals surface area contributed by atoms with Gasteiger partial charge in [0.25, 0.3) is 11.5 Å². The number of hydrogen-bond acceptors (Lipinski definition) is 5. The van der Waals surface area contributed by atoms with E-state index in [4.69, 9.17) is 4.74 Å². The van der Waals surface area contributed by atoms with Crippen LogP contribution in [-0.2, 0) is 16.1 Å². The van der Waals surface area contributed by atoms with Crippen molar-refractivity contribution in [3.8, 4) is 6.07 Å². The molecule has 2 aromatic rings. The molecule has 0 radical (unpaired) electrons. The van der Waals surface area contributed by atoms with E-state index in [-0.39, 0.29) is 23.9 Å². The molecule has 0 saturated heterocycles. The lowest BCUT2D eigenvalue weighted by molar-refractivity contribution is -0.906. The minimum Gasteiger partial charge on any atom is -0.379 e. The van der Waals surface area contributed by atoms with Crippen molar-refractivity contribution in [2.75, 3.05) is 26.8 Å². The Balaban J connectivity index is 1.72. The van der Waals surface area contributed by atoms with Crippen LogP contribution in [0.4, 0.5) is 0 Å². The van der Waals surface area contributed by atoms with Crippen molar-refractivity contribution in [1.82, 2.24) is 15.3 Å². The van der Waals surface area contributed by atoms with Crippen LogP contribution in [-0.4, -0.2) is 48.2 Å². The van der Waals surface area contributed by atoms with E-state index >= 15 is 0 Å². The van der Waals surface area contributed by atoms with E-state index in [1.807, 2.05) is 6.07 Å². The number of fused-ring (bicyclic) bond motifs is 1. The number of carbonyl (C=O) groups excluding carboxylic acids is 1. The second kappa shape index (κ2) is 8.50. The maximum Gasteiger partial charge on any atom is 0.276 e. The number of nitriles is 1. The van der Waals surface area contributed by atoms with Crippen LogP contribution in [0.1, 0.15) is 25.6 Å². The summed E-state index contributed by atoms with van der Waals surface area (Å²) in [6.45, 7) is 3.37. The van der Waals surface area contributed by atoms with Crippen LogP contribution in [0.25, 0.3) is 10.9 Å². The number of para-hydroxylation sites is 1. The van der Waals surface area contributed by atoms with Crippen molar-refractivity contribution >= 4 is 16.8 Å². The zero-order valence-corrected chi connectivity index (χ0v) is 16.2.